The number of rotatable bonds is 7. The average Bonchev–Trinajstić information content (AvgIpc) is 2.53. The summed E-state index contributed by atoms with van der Waals surface area (Å²) in [4.78, 5) is 0. The fourth-order valence-electron chi connectivity index (χ4n) is 2.66. The Hall–Kier alpha value is -0.909. The van der Waals surface area contributed by atoms with E-state index in [1.54, 1.807) is 0 Å². The normalized spacial score (nSPS) is 12.2. The Morgan fingerprint density at radius 2 is 1.20 bits per heavy atom. The van der Waals surface area contributed by atoms with Crippen molar-refractivity contribution >= 4 is 25.9 Å². The van der Waals surface area contributed by atoms with E-state index in [9.17, 15) is 0 Å². The maximum absolute atomic E-state index is 2.68. The van der Waals surface area contributed by atoms with Gasteiger partial charge in [-0.05, 0) is 33.7 Å². The minimum absolute atomic E-state index is 0.278. The zero-order valence-electron chi connectivity index (χ0n) is 12.8. The highest BCUT2D eigenvalue weighted by Gasteiger charge is 2.24. The SMILES string of the molecule is C[Si](CCc1ccccc1)(CCc1ccccc1)[SiH2][SiH3]. The minimum atomic E-state index is -0.888. The molecule has 0 spiro atoms. The fourth-order valence-corrected chi connectivity index (χ4v) is 14.9. The molecule has 0 unspecified atom stereocenters. The van der Waals surface area contributed by atoms with Gasteiger partial charge in [-0.25, -0.2) is 0 Å². The maximum atomic E-state index is 2.68. The van der Waals surface area contributed by atoms with Crippen LogP contribution >= 0.6 is 0 Å². The molecule has 0 aliphatic rings. The molecule has 2 aromatic rings. The molecule has 0 aliphatic heterocycles. The van der Waals surface area contributed by atoms with Gasteiger partial charge in [-0.3, -0.25) is 0 Å². The van der Waals surface area contributed by atoms with Crippen LogP contribution < -0.4 is 0 Å². The third-order valence-electron chi connectivity index (χ3n) is 4.57. The van der Waals surface area contributed by atoms with Crippen LogP contribution in [0.3, 0.4) is 0 Å². The third kappa shape index (κ3) is 4.89. The average molecular weight is 315 g/mol. The van der Waals surface area contributed by atoms with Gasteiger partial charge in [-0.2, -0.15) is 0 Å². The fraction of sp³-hybridized carbons (Fsp3) is 0.294. The lowest BCUT2D eigenvalue weighted by Crippen LogP contribution is -2.39. The first-order valence-corrected chi connectivity index (χ1v) is 18.7. The van der Waals surface area contributed by atoms with Gasteiger partial charge in [-0.1, -0.05) is 79.3 Å². The van der Waals surface area contributed by atoms with E-state index in [4.69, 9.17) is 0 Å². The molecule has 20 heavy (non-hydrogen) atoms. The van der Waals surface area contributed by atoms with Crippen molar-refractivity contribution in [3.63, 3.8) is 0 Å². The molecule has 0 N–H and O–H groups in total. The highest BCUT2D eigenvalue weighted by Crippen LogP contribution is 2.20. The van der Waals surface area contributed by atoms with Crippen molar-refractivity contribution in [2.45, 2.75) is 31.5 Å². The summed E-state index contributed by atoms with van der Waals surface area (Å²) in [6.45, 7) is 2.68. The van der Waals surface area contributed by atoms with Crippen LogP contribution in [0.5, 0.6) is 0 Å². The molecular weight excluding hydrogens is 288 g/mol. The van der Waals surface area contributed by atoms with E-state index in [2.05, 4.69) is 67.2 Å². The minimum Gasteiger partial charge on any atom is -0.0718 e. The molecule has 0 nitrogen and oxygen atoms in total. The van der Waals surface area contributed by atoms with E-state index in [1.165, 1.54) is 45.8 Å². The van der Waals surface area contributed by atoms with Gasteiger partial charge in [-0.15, -0.1) is 0 Å². The second kappa shape index (κ2) is 7.76. The zero-order chi connectivity index (χ0) is 14.3. The van der Waals surface area contributed by atoms with Gasteiger partial charge in [0.15, 0.2) is 0 Å². The van der Waals surface area contributed by atoms with Crippen molar-refractivity contribution in [1.29, 1.82) is 0 Å². The summed E-state index contributed by atoms with van der Waals surface area (Å²) in [6.07, 6.45) is 2.63. The quantitative estimate of drug-likeness (QED) is 0.689. The van der Waals surface area contributed by atoms with Crippen LogP contribution in [0.1, 0.15) is 11.1 Å². The summed E-state index contributed by atoms with van der Waals surface area (Å²) in [7, 11) is 0.890. The van der Waals surface area contributed by atoms with Crippen molar-refractivity contribution < 1.29 is 0 Å². The predicted octanol–water partition coefficient (Wildman–Crippen LogP) is 2.50. The van der Waals surface area contributed by atoms with Crippen LogP contribution in [-0.2, 0) is 12.8 Å². The molecule has 0 amide bonds. The molecule has 3 heteroatoms. The van der Waals surface area contributed by atoms with Gasteiger partial charge in [0.05, 0.1) is 0 Å². The number of hydrogen-bond acceptors (Lipinski definition) is 0. The summed E-state index contributed by atoms with van der Waals surface area (Å²) in [5.74, 6) is 0. The van der Waals surface area contributed by atoms with Crippen LogP contribution in [0.25, 0.3) is 0 Å². The van der Waals surface area contributed by atoms with Crippen molar-refractivity contribution in [2.75, 3.05) is 0 Å². The molecule has 0 atom stereocenters. The molecule has 0 fully saturated rings. The van der Waals surface area contributed by atoms with Crippen molar-refractivity contribution in [1.82, 2.24) is 0 Å². The van der Waals surface area contributed by atoms with Crippen LogP contribution in [0, 0.1) is 0 Å². The van der Waals surface area contributed by atoms with E-state index in [-0.39, 0.29) is 8.55 Å². The summed E-state index contributed by atoms with van der Waals surface area (Å²) in [5, 5.41) is 0. The van der Waals surface area contributed by atoms with E-state index in [1.807, 2.05) is 0 Å². The first kappa shape index (κ1) is 15.5. The van der Waals surface area contributed by atoms with Gasteiger partial charge >= 0.3 is 0 Å². The summed E-state index contributed by atoms with van der Waals surface area (Å²) in [6, 6.07) is 25.1. The molecule has 0 saturated carbocycles. The summed E-state index contributed by atoms with van der Waals surface area (Å²) in [5.41, 5.74) is 3.07. The second-order valence-electron chi connectivity index (χ2n) is 6.14. The van der Waals surface area contributed by atoms with E-state index >= 15 is 0 Å². The lowest BCUT2D eigenvalue weighted by Gasteiger charge is -2.26. The highest BCUT2D eigenvalue weighted by molar-refractivity contribution is 7.39. The molecular formula is C17H26Si3. The van der Waals surface area contributed by atoms with Crippen molar-refractivity contribution in [3.8, 4) is 0 Å². The number of benzene rings is 2. The molecule has 0 radical (unpaired) electrons. The van der Waals surface area contributed by atoms with Gasteiger partial charge in [0.25, 0.3) is 0 Å². The Bertz CT molecular complexity index is 453. The van der Waals surface area contributed by atoms with Crippen molar-refractivity contribution in [3.05, 3.63) is 71.8 Å². The van der Waals surface area contributed by atoms with Crippen molar-refractivity contribution in [2.24, 2.45) is 0 Å². The standard InChI is InChI=1S/C17H26Si3/c1-20(19-18,14-12-16-8-4-2-5-9-16)15-13-17-10-6-3-7-11-17/h2-11H,12-15,19H2,1,18H3. The van der Waals surface area contributed by atoms with Gasteiger partial charge in [0, 0.05) is 16.1 Å². The molecule has 0 aromatic heterocycles. The molecule has 0 heterocycles. The van der Waals surface area contributed by atoms with Crippen LogP contribution in [0.15, 0.2) is 60.7 Å². The Morgan fingerprint density at radius 3 is 1.55 bits per heavy atom. The monoisotopic (exact) mass is 314 g/mol. The van der Waals surface area contributed by atoms with E-state index in [0.717, 1.165) is 0 Å². The van der Waals surface area contributed by atoms with E-state index < -0.39 is 7.59 Å². The summed E-state index contributed by atoms with van der Waals surface area (Å²) >= 11 is 0. The largest absolute Gasteiger partial charge is 0.0718 e. The van der Waals surface area contributed by atoms with Crippen LogP contribution in [0.4, 0.5) is 0 Å². The smallest absolute Gasteiger partial charge is 0.0343 e. The number of hydrogen-bond donors (Lipinski definition) is 0. The molecule has 2 rings (SSSR count). The van der Waals surface area contributed by atoms with E-state index in [0.29, 0.717) is 0 Å². The predicted molar refractivity (Wildman–Crippen MR) is 100 cm³/mol. The Balaban J connectivity index is 1.88. The summed E-state index contributed by atoms with van der Waals surface area (Å²) < 4.78 is 0. The maximum Gasteiger partial charge on any atom is 0.0343 e. The second-order valence-corrected chi connectivity index (χ2v) is 25.1. The Kier molecular flexibility index (Phi) is 6.01. The first-order valence-electron chi connectivity index (χ1n) is 7.80. The van der Waals surface area contributed by atoms with Crippen LogP contribution in [0.2, 0.25) is 18.6 Å². The number of aryl methyl sites for hydroxylation is 2. The molecule has 0 bridgehead atoms. The zero-order valence-corrected chi connectivity index (χ0v) is 17.2. The first-order chi connectivity index (χ1) is 9.72. The van der Waals surface area contributed by atoms with Gasteiger partial charge in [0.1, 0.15) is 0 Å². The molecule has 2 aromatic carbocycles. The molecule has 0 saturated heterocycles. The lowest BCUT2D eigenvalue weighted by molar-refractivity contribution is 1.04. The Morgan fingerprint density at radius 1 is 0.800 bits per heavy atom. The third-order valence-corrected chi connectivity index (χ3v) is 31.8. The lowest BCUT2D eigenvalue weighted by atomic mass is 10.2. The Labute approximate surface area is 129 Å². The van der Waals surface area contributed by atoms with Gasteiger partial charge in [0.2, 0.25) is 0 Å². The molecule has 106 valence electrons. The topological polar surface area (TPSA) is 0 Å². The molecule has 0 aliphatic carbocycles. The van der Waals surface area contributed by atoms with Crippen LogP contribution in [-0.4, -0.2) is 25.9 Å². The highest BCUT2D eigenvalue weighted by atomic mass is 29.5. The van der Waals surface area contributed by atoms with Gasteiger partial charge < -0.3 is 0 Å².